The van der Waals surface area contributed by atoms with Gasteiger partial charge in [-0.25, -0.2) is 9.78 Å². The van der Waals surface area contributed by atoms with Crippen LogP contribution < -0.4 is 5.32 Å². The van der Waals surface area contributed by atoms with Crippen LogP contribution in [0.15, 0.2) is 12.4 Å². The van der Waals surface area contributed by atoms with Crippen LogP contribution in [0.1, 0.15) is 50.9 Å². The molecule has 1 saturated heterocycles. The SMILES string of the molecule is CCC(NC(=O)N1CCCCC1CC(=O)O)c1ncc[nH]1. The second-order valence-corrected chi connectivity index (χ2v) is 5.33. The number of piperidine rings is 1. The number of carboxylic acids is 1. The Hall–Kier alpha value is -2.05. The number of urea groups is 1. The number of carbonyl (C=O) groups is 2. The van der Waals surface area contributed by atoms with E-state index >= 15 is 0 Å². The first-order chi connectivity index (χ1) is 10.1. The highest BCUT2D eigenvalue weighted by Crippen LogP contribution is 2.21. The number of rotatable bonds is 5. The van der Waals surface area contributed by atoms with E-state index < -0.39 is 5.97 Å². The summed E-state index contributed by atoms with van der Waals surface area (Å²) in [4.78, 5) is 32.2. The number of hydrogen-bond donors (Lipinski definition) is 3. The van der Waals surface area contributed by atoms with Gasteiger partial charge < -0.3 is 20.3 Å². The first-order valence-electron chi connectivity index (χ1n) is 7.40. The van der Waals surface area contributed by atoms with Crippen molar-refractivity contribution >= 4 is 12.0 Å². The Morgan fingerprint density at radius 2 is 2.38 bits per heavy atom. The molecule has 0 radical (unpaired) electrons. The smallest absolute Gasteiger partial charge is 0.318 e. The molecular weight excluding hydrogens is 272 g/mol. The van der Waals surface area contributed by atoms with Gasteiger partial charge in [0.2, 0.25) is 0 Å². The molecule has 116 valence electrons. The molecule has 0 spiro atoms. The number of aromatic amines is 1. The molecule has 0 aliphatic carbocycles. The Kier molecular flexibility index (Phi) is 5.19. The minimum atomic E-state index is -0.863. The number of aliphatic carboxylic acids is 1. The fraction of sp³-hybridized carbons (Fsp3) is 0.643. The van der Waals surface area contributed by atoms with Crippen LogP contribution in [0, 0.1) is 0 Å². The number of H-pyrrole nitrogens is 1. The summed E-state index contributed by atoms with van der Waals surface area (Å²) < 4.78 is 0. The van der Waals surface area contributed by atoms with Gasteiger partial charge in [0.1, 0.15) is 5.82 Å². The molecule has 7 heteroatoms. The second-order valence-electron chi connectivity index (χ2n) is 5.33. The lowest BCUT2D eigenvalue weighted by Gasteiger charge is -2.35. The third kappa shape index (κ3) is 3.96. The fourth-order valence-electron chi connectivity index (χ4n) is 2.75. The van der Waals surface area contributed by atoms with Crippen molar-refractivity contribution in [2.24, 2.45) is 0 Å². The maximum absolute atomic E-state index is 12.4. The number of hydrogen-bond acceptors (Lipinski definition) is 3. The molecule has 1 aliphatic heterocycles. The van der Waals surface area contributed by atoms with E-state index in [0.29, 0.717) is 6.54 Å². The predicted octanol–water partition coefficient (Wildman–Crippen LogP) is 1.90. The zero-order valence-electron chi connectivity index (χ0n) is 12.2. The van der Waals surface area contributed by atoms with Crippen LogP contribution in [0.4, 0.5) is 4.79 Å². The molecule has 1 aliphatic rings. The van der Waals surface area contributed by atoms with Gasteiger partial charge in [-0.2, -0.15) is 0 Å². The van der Waals surface area contributed by atoms with Gasteiger partial charge in [0, 0.05) is 25.0 Å². The topological polar surface area (TPSA) is 98.3 Å². The molecule has 2 amide bonds. The largest absolute Gasteiger partial charge is 0.481 e. The number of carbonyl (C=O) groups excluding carboxylic acids is 1. The van der Waals surface area contributed by atoms with Crippen LogP contribution in [0.25, 0.3) is 0 Å². The fourth-order valence-corrected chi connectivity index (χ4v) is 2.75. The number of nitrogens with one attached hydrogen (secondary N) is 2. The van der Waals surface area contributed by atoms with Gasteiger partial charge in [-0.3, -0.25) is 4.79 Å². The van der Waals surface area contributed by atoms with Crippen molar-refractivity contribution in [2.45, 2.75) is 51.1 Å². The molecule has 0 aromatic carbocycles. The lowest BCUT2D eigenvalue weighted by molar-refractivity contribution is -0.138. The molecule has 2 heterocycles. The third-order valence-electron chi connectivity index (χ3n) is 3.85. The summed E-state index contributed by atoms with van der Waals surface area (Å²) in [6.45, 7) is 2.58. The lowest BCUT2D eigenvalue weighted by atomic mass is 10.00. The minimum absolute atomic E-state index is 0.00492. The minimum Gasteiger partial charge on any atom is -0.481 e. The highest BCUT2D eigenvalue weighted by atomic mass is 16.4. The summed E-state index contributed by atoms with van der Waals surface area (Å²) in [5.41, 5.74) is 0. The molecule has 1 aromatic rings. The molecule has 0 bridgehead atoms. The van der Waals surface area contributed by atoms with Crippen LogP contribution in [0.2, 0.25) is 0 Å². The van der Waals surface area contributed by atoms with Crippen molar-refractivity contribution in [1.82, 2.24) is 20.2 Å². The number of carboxylic acid groups (broad SMARTS) is 1. The molecular formula is C14H22N4O3. The van der Waals surface area contributed by atoms with E-state index in [1.165, 1.54) is 0 Å². The first kappa shape index (κ1) is 15.3. The summed E-state index contributed by atoms with van der Waals surface area (Å²) in [6, 6.07) is -0.602. The summed E-state index contributed by atoms with van der Waals surface area (Å²) in [5.74, 6) is -0.143. The molecule has 0 saturated carbocycles. The van der Waals surface area contributed by atoms with Crippen molar-refractivity contribution in [3.8, 4) is 0 Å². The predicted molar refractivity (Wildman–Crippen MR) is 76.7 cm³/mol. The quantitative estimate of drug-likeness (QED) is 0.772. The van der Waals surface area contributed by atoms with E-state index in [1.54, 1.807) is 17.3 Å². The molecule has 1 fully saturated rings. The van der Waals surface area contributed by atoms with Crippen LogP contribution in [0.5, 0.6) is 0 Å². The Morgan fingerprint density at radius 1 is 1.57 bits per heavy atom. The summed E-state index contributed by atoms with van der Waals surface area (Å²) >= 11 is 0. The van der Waals surface area contributed by atoms with Crippen molar-refractivity contribution in [1.29, 1.82) is 0 Å². The number of amides is 2. The lowest BCUT2D eigenvalue weighted by Crippen LogP contribution is -2.50. The van der Waals surface area contributed by atoms with Gasteiger partial charge in [0.25, 0.3) is 0 Å². The highest BCUT2D eigenvalue weighted by molar-refractivity contribution is 5.76. The number of likely N-dealkylation sites (tertiary alicyclic amines) is 1. The Bertz CT molecular complexity index is 475. The van der Waals surface area contributed by atoms with E-state index in [4.69, 9.17) is 5.11 Å². The van der Waals surface area contributed by atoms with E-state index in [1.807, 2.05) is 6.92 Å². The normalized spacial score (nSPS) is 20.0. The van der Waals surface area contributed by atoms with Crippen LogP contribution in [0.3, 0.4) is 0 Å². The molecule has 7 nitrogen and oxygen atoms in total. The number of aromatic nitrogens is 2. The van der Waals surface area contributed by atoms with Gasteiger partial charge >= 0.3 is 12.0 Å². The zero-order valence-corrected chi connectivity index (χ0v) is 12.2. The van der Waals surface area contributed by atoms with Crippen LogP contribution in [-0.4, -0.2) is 44.6 Å². The Balaban J connectivity index is 2.01. The summed E-state index contributed by atoms with van der Waals surface area (Å²) in [5, 5.41) is 11.9. The van der Waals surface area contributed by atoms with Crippen molar-refractivity contribution < 1.29 is 14.7 Å². The second kappa shape index (κ2) is 7.10. The Morgan fingerprint density at radius 3 is 3.00 bits per heavy atom. The van der Waals surface area contributed by atoms with Crippen molar-refractivity contribution in [2.75, 3.05) is 6.54 Å². The third-order valence-corrected chi connectivity index (χ3v) is 3.85. The maximum Gasteiger partial charge on any atom is 0.318 e. The monoisotopic (exact) mass is 294 g/mol. The number of nitrogens with zero attached hydrogens (tertiary/aromatic N) is 2. The summed E-state index contributed by atoms with van der Waals surface area (Å²) in [7, 11) is 0. The van der Waals surface area contributed by atoms with E-state index in [9.17, 15) is 9.59 Å². The average molecular weight is 294 g/mol. The molecule has 2 unspecified atom stereocenters. The zero-order chi connectivity index (χ0) is 15.2. The molecule has 1 aromatic heterocycles. The first-order valence-corrected chi connectivity index (χ1v) is 7.40. The number of imidazole rings is 1. The van der Waals surface area contributed by atoms with E-state index in [-0.39, 0.29) is 24.5 Å². The van der Waals surface area contributed by atoms with E-state index in [2.05, 4.69) is 15.3 Å². The average Bonchev–Trinajstić information content (AvgIpc) is 2.98. The van der Waals surface area contributed by atoms with Crippen molar-refractivity contribution in [3.63, 3.8) is 0 Å². The van der Waals surface area contributed by atoms with E-state index in [0.717, 1.165) is 31.5 Å². The van der Waals surface area contributed by atoms with Gasteiger partial charge in [0.15, 0.2) is 0 Å². The van der Waals surface area contributed by atoms with Gasteiger partial charge in [0.05, 0.1) is 12.5 Å². The van der Waals surface area contributed by atoms with Gasteiger partial charge in [-0.15, -0.1) is 0 Å². The highest BCUT2D eigenvalue weighted by Gasteiger charge is 2.29. The summed E-state index contributed by atoms with van der Waals surface area (Å²) in [6.07, 6.45) is 6.73. The standard InChI is InChI=1S/C14H22N4O3/c1-2-11(13-15-6-7-16-13)17-14(21)18-8-4-3-5-10(18)9-12(19)20/h6-7,10-11H,2-5,8-9H2,1H3,(H,15,16)(H,17,21)(H,19,20). The van der Waals surface area contributed by atoms with Crippen molar-refractivity contribution in [3.05, 3.63) is 18.2 Å². The molecule has 3 N–H and O–H groups in total. The van der Waals surface area contributed by atoms with Gasteiger partial charge in [-0.05, 0) is 25.7 Å². The van der Waals surface area contributed by atoms with Gasteiger partial charge in [-0.1, -0.05) is 6.92 Å². The Labute approximate surface area is 123 Å². The van der Waals surface area contributed by atoms with Crippen LogP contribution in [-0.2, 0) is 4.79 Å². The molecule has 2 atom stereocenters. The molecule has 2 rings (SSSR count). The maximum atomic E-state index is 12.4. The van der Waals surface area contributed by atoms with Crippen LogP contribution >= 0.6 is 0 Å². The molecule has 21 heavy (non-hydrogen) atoms.